The molecule has 0 spiro atoms. The second-order valence-corrected chi connectivity index (χ2v) is 8.45. The van der Waals surface area contributed by atoms with Gasteiger partial charge in [0.2, 0.25) is 0 Å². The Morgan fingerprint density at radius 1 is 1.27 bits per heavy atom. The molecule has 0 N–H and O–H groups in total. The molecule has 6 heteroatoms. The SMILES string of the molecule is CCOC(=O)/C=C(\C)N1N=C2c3cc(OC)ccc3CC[C@@H]2[C@H]1c1ccc(Br)cc1. The quantitative estimate of drug-likeness (QED) is 0.444. The summed E-state index contributed by atoms with van der Waals surface area (Å²) in [6.07, 6.45) is 3.52. The van der Waals surface area contributed by atoms with E-state index in [0.717, 1.165) is 40.0 Å². The van der Waals surface area contributed by atoms with Gasteiger partial charge in [0.1, 0.15) is 5.75 Å². The summed E-state index contributed by atoms with van der Waals surface area (Å²) in [5.74, 6) is 0.715. The topological polar surface area (TPSA) is 51.1 Å². The van der Waals surface area contributed by atoms with Crippen LogP contribution in [0.5, 0.6) is 5.75 Å². The zero-order chi connectivity index (χ0) is 21.3. The number of rotatable bonds is 5. The predicted molar refractivity (Wildman–Crippen MR) is 120 cm³/mol. The molecule has 1 aliphatic heterocycles. The van der Waals surface area contributed by atoms with E-state index in [1.807, 2.05) is 18.0 Å². The van der Waals surface area contributed by atoms with Crippen molar-refractivity contribution >= 4 is 27.6 Å². The Kier molecular flexibility index (Phi) is 5.95. The predicted octanol–water partition coefficient (Wildman–Crippen LogP) is 5.25. The minimum Gasteiger partial charge on any atom is -0.497 e. The fourth-order valence-electron chi connectivity index (χ4n) is 4.32. The Morgan fingerprint density at radius 3 is 2.73 bits per heavy atom. The van der Waals surface area contributed by atoms with Crippen LogP contribution < -0.4 is 4.74 Å². The van der Waals surface area contributed by atoms with Crippen molar-refractivity contribution < 1.29 is 14.3 Å². The first-order chi connectivity index (χ1) is 14.5. The van der Waals surface area contributed by atoms with Gasteiger partial charge in [0.05, 0.1) is 25.5 Å². The average Bonchev–Trinajstić information content (AvgIpc) is 3.14. The molecule has 0 amide bonds. The fourth-order valence-corrected chi connectivity index (χ4v) is 4.59. The van der Waals surface area contributed by atoms with Gasteiger partial charge < -0.3 is 9.47 Å². The molecule has 2 aliphatic rings. The molecule has 0 radical (unpaired) electrons. The highest BCUT2D eigenvalue weighted by molar-refractivity contribution is 9.10. The Balaban J connectivity index is 1.79. The maximum atomic E-state index is 12.1. The number of nitrogens with zero attached hydrogens (tertiary/aromatic N) is 2. The van der Waals surface area contributed by atoms with Gasteiger partial charge in [-0.05, 0) is 62.1 Å². The molecule has 0 saturated heterocycles. The molecule has 2 aromatic rings. The van der Waals surface area contributed by atoms with Crippen LogP contribution in [0.1, 0.15) is 43.0 Å². The second kappa shape index (κ2) is 8.64. The highest BCUT2D eigenvalue weighted by Crippen LogP contribution is 2.45. The van der Waals surface area contributed by atoms with E-state index >= 15 is 0 Å². The number of hydrogen-bond acceptors (Lipinski definition) is 5. The van der Waals surface area contributed by atoms with E-state index in [0.29, 0.717) is 6.61 Å². The van der Waals surface area contributed by atoms with Crippen molar-refractivity contribution in [3.63, 3.8) is 0 Å². The molecule has 4 rings (SSSR count). The first-order valence-electron chi connectivity index (χ1n) is 10.2. The first-order valence-corrected chi connectivity index (χ1v) is 11.0. The van der Waals surface area contributed by atoms with E-state index in [1.165, 1.54) is 17.2 Å². The molecule has 30 heavy (non-hydrogen) atoms. The number of carbonyl (C=O) groups is 1. The van der Waals surface area contributed by atoms with Gasteiger partial charge in [-0.1, -0.05) is 34.1 Å². The summed E-state index contributed by atoms with van der Waals surface area (Å²) < 4.78 is 11.6. The van der Waals surface area contributed by atoms with Gasteiger partial charge in [-0.15, -0.1) is 0 Å². The fraction of sp³-hybridized carbons (Fsp3) is 0.333. The largest absolute Gasteiger partial charge is 0.497 e. The monoisotopic (exact) mass is 468 g/mol. The second-order valence-electron chi connectivity index (χ2n) is 7.53. The Morgan fingerprint density at radius 2 is 2.03 bits per heavy atom. The van der Waals surface area contributed by atoms with Crippen LogP contribution in [0.4, 0.5) is 0 Å². The van der Waals surface area contributed by atoms with Crippen molar-refractivity contribution in [3.05, 3.63) is 75.4 Å². The van der Waals surface area contributed by atoms with Crippen molar-refractivity contribution in [2.45, 2.75) is 32.7 Å². The van der Waals surface area contributed by atoms with Crippen molar-refractivity contribution in [2.75, 3.05) is 13.7 Å². The van der Waals surface area contributed by atoms with Gasteiger partial charge in [-0.3, -0.25) is 5.01 Å². The highest BCUT2D eigenvalue weighted by atomic mass is 79.9. The molecule has 0 saturated carbocycles. The first kappa shape index (κ1) is 20.7. The van der Waals surface area contributed by atoms with Gasteiger partial charge in [-0.25, -0.2) is 4.79 Å². The molecule has 0 fully saturated rings. The van der Waals surface area contributed by atoms with Crippen LogP contribution in [-0.2, 0) is 16.0 Å². The molecule has 5 nitrogen and oxygen atoms in total. The number of halogens is 1. The van der Waals surface area contributed by atoms with E-state index in [-0.39, 0.29) is 17.9 Å². The number of fused-ring (bicyclic) bond motifs is 3. The number of carbonyl (C=O) groups excluding carboxylic acids is 1. The van der Waals surface area contributed by atoms with Crippen LogP contribution in [0.15, 0.2) is 63.8 Å². The molecule has 1 aliphatic carbocycles. The van der Waals surface area contributed by atoms with Crippen molar-refractivity contribution in [3.8, 4) is 5.75 Å². The zero-order valence-electron chi connectivity index (χ0n) is 17.4. The lowest BCUT2D eigenvalue weighted by molar-refractivity contribution is -0.137. The van der Waals surface area contributed by atoms with Gasteiger partial charge in [0.15, 0.2) is 0 Å². The van der Waals surface area contributed by atoms with E-state index in [2.05, 4.69) is 52.3 Å². The molecular formula is C24H25BrN2O3. The number of benzene rings is 2. The normalized spacial score (nSPS) is 20.3. The molecule has 0 bridgehead atoms. The standard InChI is InChI=1S/C24H25BrN2O3/c1-4-30-22(28)13-15(2)27-24(17-5-9-18(25)10-6-17)20-12-8-16-7-11-19(29-3)14-21(16)23(20)26-27/h5-7,9-11,13-14,20,24H,4,8,12H2,1-3H3/b15-13+/t20-,24+/m0/s1. The van der Waals surface area contributed by atoms with Crippen LogP contribution in [0.3, 0.4) is 0 Å². The van der Waals surface area contributed by atoms with Gasteiger partial charge in [0.25, 0.3) is 0 Å². The van der Waals surface area contributed by atoms with E-state index < -0.39 is 0 Å². The minimum absolute atomic E-state index is 0.0260. The highest BCUT2D eigenvalue weighted by Gasteiger charge is 2.42. The molecule has 1 heterocycles. The number of ether oxygens (including phenoxy) is 2. The summed E-state index contributed by atoms with van der Waals surface area (Å²) in [5.41, 5.74) is 5.42. The summed E-state index contributed by atoms with van der Waals surface area (Å²) >= 11 is 3.53. The lowest BCUT2D eigenvalue weighted by Gasteiger charge is -2.31. The third kappa shape index (κ3) is 3.88. The summed E-state index contributed by atoms with van der Waals surface area (Å²) in [5, 5.41) is 7.01. The van der Waals surface area contributed by atoms with Crippen molar-refractivity contribution in [2.24, 2.45) is 11.0 Å². The maximum absolute atomic E-state index is 12.1. The molecule has 0 aromatic heterocycles. The minimum atomic E-state index is -0.346. The Bertz CT molecular complexity index is 1010. The number of aryl methyl sites for hydroxylation is 1. The molecule has 156 valence electrons. The molecule has 2 aromatic carbocycles. The summed E-state index contributed by atoms with van der Waals surface area (Å²) in [6, 6.07) is 14.6. The van der Waals surface area contributed by atoms with Gasteiger partial charge >= 0.3 is 5.97 Å². The summed E-state index contributed by atoms with van der Waals surface area (Å²) in [4.78, 5) is 12.1. The van der Waals surface area contributed by atoms with E-state index in [4.69, 9.17) is 14.6 Å². The van der Waals surface area contributed by atoms with E-state index in [9.17, 15) is 4.79 Å². The zero-order valence-corrected chi connectivity index (χ0v) is 19.0. The molecule has 2 atom stereocenters. The average molecular weight is 469 g/mol. The van der Waals surface area contributed by atoms with Crippen LogP contribution >= 0.6 is 15.9 Å². The summed E-state index contributed by atoms with van der Waals surface area (Å²) in [6.45, 7) is 4.07. The lowest BCUT2D eigenvalue weighted by atomic mass is 9.77. The van der Waals surface area contributed by atoms with Crippen LogP contribution in [0, 0.1) is 5.92 Å². The smallest absolute Gasteiger partial charge is 0.332 e. The number of esters is 1. The van der Waals surface area contributed by atoms with E-state index in [1.54, 1.807) is 14.0 Å². The molecular weight excluding hydrogens is 444 g/mol. The third-order valence-corrected chi connectivity index (χ3v) is 6.24. The van der Waals surface area contributed by atoms with Crippen LogP contribution in [0.25, 0.3) is 0 Å². The number of allylic oxidation sites excluding steroid dienone is 1. The van der Waals surface area contributed by atoms with Crippen LogP contribution in [-0.4, -0.2) is 30.4 Å². The third-order valence-electron chi connectivity index (χ3n) is 5.72. The number of hydrogen-bond donors (Lipinski definition) is 0. The lowest BCUT2D eigenvalue weighted by Crippen LogP contribution is -2.28. The number of hydrazone groups is 1. The molecule has 0 unspecified atom stereocenters. The van der Waals surface area contributed by atoms with Gasteiger partial charge in [-0.2, -0.15) is 5.10 Å². The summed E-state index contributed by atoms with van der Waals surface area (Å²) in [7, 11) is 1.68. The van der Waals surface area contributed by atoms with Crippen molar-refractivity contribution in [1.29, 1.82) is 0 Å². The maximum Gasteiger partial charge on any atom is 0.332 e. The van der Waals surface area contributed by atoms with Crippen molar-refractivity contribution in [1.82, 2.24) is 5.01 Å². The number of methoxy groups -OCH3 is 1. The van der Waals surface area contributed by atoms with Gasteiger partial charge in [0, 0.05) is 27.7 Å². The Labute approximate surface area is 185 Å². The Hall–Kier alpha value is -2.60. The van der Waals surface area contributed by atoms with Crippen LogP contribution in [0.2, 0.25) is 0 Å².